The Kier molecular flexibility index (Phi) is 3.78. The molecule has 5 heteroatoms. The van der Waals surface area contributed by atoms with E-state index >= 15 is 0 Å². The van der Waals surface area contributed by atoms with Crippen LogP contribution < -0.4 is 4.90 Å². The first-order valence-corrected chi connectivity index (χ1v) is 8.19. The van der Waals surface area contributed by atoms with E-state index in [2.05, 4.69) is 39.7 Å². The predicted molar refractivity (Wildman–Crippen MR) is 96.5 cm³/mol. The number of hydrogen-bond donors (Lipinski definition) is 1. The van der Waals surface area contributed by atoms with Gasteiger partial charge in [-0.2, -0.15) is 0 Å². The van der Waals surface area contributed by atoms with Gasteiger partial charge in [0.05, 0.1) is 18.6 Å². The molecule has 122 valence electrons. The van der Waals surface area contributed by atoms with Gasteiger partial charge >= 0.3 is 0 Å². The summed E-state index contributed by atoms with van der Waals surface area (Å²) >= 11 is 0. The standard InChI is InChI=1S/C19H20N4O/c1-22-17-7-6-14(12-24)15-4-2-5-16(18(15)17)19(22)21-8-3-10-23-11-9-20-13-23/h2,4-7,9,11,13,24H,3,8,10,12H2,1H3/b21-19-. The molecule has 0 spiro atoms. The number of hydrogen-bond acceptors (Lipinski definition) is 3. The second-order valence-corrected chi connectivity index (χ2v) is 6.05. The lowest BCUT2D eigenvalue weighted by molar-refractivity contribution is 0.283. The van der Waals surface area contributed by atoms with Gasteiger partial charge in [0, 0.05) is 43.5 Å². The van der Waals surface area contributed by atoms with Crippen molar-refractivity contribution in [2.75, 3.05) is 18.5 Å². The molecule has 1 aromatic heterocycles. The van der Waals surface area contributed by atoms with Crippen LogP contribution in [0.1, 0.15) is 17.5 Å². The quantitative estimate of drug-likeness (QED) is 0.736. The van der Waals surface area contributed by atoms with Crippen LogP contribution in [0.4, 0.5) is 5.69 Å². The summed E-state index contributed by atoms with van der Waals surface area (Å²) in [5.41, 5.74) is 3.28. The molecular formula is C19H20N4O. The van der Waals surface area contributed by atoms with Crippen molar-refractivity contribution in [1.29, 1.82) is 0 Å². The molecule has 3 aromatic rings. The maximum Gasteiger partial charge on any atom is 0.135 e. The third-order valence-corrected chi connectivity index (χ3v) is 4.59. The van der Waals surface area contributed by atoms with Crippen molar-refractivity contribution in [1.82, 2.24) is 9.55 Å². The number of aliphatic hydroxyl groups excluding tert-OH is 1. The third-order valence-electron chi connectivity index (χ3n) is 4.59. The van der Waals surface area contributed by atoms with Crippen molar-refractivity contribution in [3.05, 3.63) is 60.2 Å². The molecule has 1 aliphatic rings. The van der Waals surface area contributed by atoms with E-state index in [4.69, 9.17) is 4.99 Å². The van der Waals surface area contributed by atoms with Crippen molar-refractivity contribution >= 4 is 22.3 Å². The molecule has 1 N–H and O–H groups in total. The van der Waals surface area contributed by atoms with Crippen LogP contribution in [0.25, 0.3) is 10.8 Å². The Morgan fingerprint density at radius 2 is 2.12 bits per heavy atom. The summed E-state index contributed by atoms with van der Waals surface area (Å²) in [5.74, 6) is 1.01. The van der Waals surface area contributed by atoms with Crippen molar-refractivity contribution in [3.63, 3.8) is 0 Å². The molecule has 2 aromatic carbocycles. The van der Waals surface area contributed by atoms with Crippen molar-refractivity contribution in [2.45, 2.75) is 19.6 Å². The molecule has 0 bridgehead atoms. The summed E-state index contributed by atoms with van der Waals surface area (Å²) < 4.78 is 2.07. The molecule has 0 unspecified atom stereocenters. The Morgan fingerprint density at radius 3 is 2.92 bits per heavy atom. The van der Waals surface area contributed by atoms with Gasteiger partial charge in [0.25, 0.3) is 0 Å². The van der Waals surface area contributed by atoms with Crippen LogP contribution >= 0.6 is 0 Å². The number of anilines is 1. The molecule has 0 aliphatic carbocycles. The highest BCUT2D eigenvalue weighted by atomic mass is 16.3. The van der Waals surface area contributed by atoms with E-state index in [9.17, 15) is 5.11 Å². The second kappa shape index (κ2) is 6.09. The number of amidine groups is 1. The smallest absolute Gasteiger partial charge is 0.135 e. The molecular weight excluding hydrogens is 300 g/mol. The third kappa shape index (κ3) is 2.37. The first-order chi connectivity index (χ1) is 11.8. The van der Waals surface area contributed by atoms with Gasteiger partial charge in [0.2, 0.25) is 0 Å². The fourth-order valence-corrected chi connectivity index (χ4v) is 3.40. The van der Waals surface area contributed by atoms with Gasteiger partial charge in [-0.1, -0.05) is 24.3 Å². The summed E-state index contributed by atoms with van der Waals surface area (Å²) in [4.78, 5) is 11.1. The zero-order valence-electron chi connectivity index (χ0n) is 13.7. The topological polar surface area (TPSA) is 53.7 Å². The van der Waals surface area contributed by atoms with Crippen LogP contribution in [-0.4, -0.2) is 34.1 Å². The lowest BCUT2D eigenvalue weighted by Gasteiger charge is -2.14. The zero-order chi connectivity index (χ0) is 16.5. The van der Waals surface area contributed by atoms with Crippen molar-refractivity contribution in [3.8, 4) is 0 Å². The zero-order valence-corrected chi connectivity index (χ0v) is 13.7. The number of nitrogens with zero attached hydrogens (tertiary/aromatic N) is 4. The van der Waals surface area contributed by atoms with Gasteiger partial charge in [-0.25, -0.2) is 4.98 Å². The van der Waals surface area contributed by atoms with E-state index in [1.54, 1.807) is 6.20 Å². The SMILES string of the molecule is CN1/C(=N\CCCn2ccnc2)c2cccc3c(CO)ccc1c23. The number of aliphatic hydroxyl groups is 1. The maximum atomic E-state index is 9.58. The normalized spacial score (nSPS) is 14.9. The molecule has 24 heavy (non-hydrogen) atoms. The summed E-state index contributed by atoms with van der Waals surface area (Å²) in [6.07, 6.45) is 6.58. The van der Waals surface area contributed by atoms with E-state index in [-0.39, 0.29) is 6.61 Å². The fraction of sp³-hybridized carbons (Fsp3) is 0.263. The van der Waals surface area contributed by atoms with E-state index in [0.717, 1.165) is 47.5 Å². The summed E-state index contributed by atoms with van der Waals surface area (Å²) in [7, 11) is 2.06. The van der Waals surface area contributed by atoms with E-state index < -0.39 is 0 Å². The monoisotopic (exact) mass is 320 g/mol. The molecule has 5 nitrogen and oxygen atoms in total. The van der Waals surface area contributed by atoms with Crippen molar-refractivity contribution < 1.29 is 5.11 Å². The minimum atomic E-state index is 0.0569. The number of aliphatic imine (C=N–C) groups is 1. The van der Waals surface area contributed by atoms with Crippen LogP contribution in [0.2, 0.25) is 0 Å². The minimum Gasteiger partial charge on any atom is -0.392 e. The minimum absolute atomic E-state index is 0.0569. The van der Waals surface area contributed by atoms with Crippen LogP contribution in [0.5, 0.6) is 0 Å². The average molecular weight is 320 g/mol. The van der Waals surface area contributed by atoms with Gasteiger partial charge in [0.1, 0.15) is 5.84 Å². The molecule has 0 amide bonds. The maximum absolute atomic E-state index is 9.58. The summed E-state index contributed by atoms with van der Waals surface area (Å²) in [5, 5.41) is 11.9. The highest BCUT2D eigenvalue weighted by molar-refractivity contribution is 6.27. The Labute approximate surface area is 140 Å². The molecule has 2 heterocycles. The Bertz CT molecular complexity index is 899. The number of rotatable bonds is 5. The average Bonchev–Trinajstić information content (AvgIpc) is 3.21. The lowest BCUT2D eigenvalue weighted by atomic mass is 10.0. The van der Waals surface area contributed by atoms with Crippen LogP contribution in [0.3, 0.4) is 0 Å². The molecule has 0 saturated carbocycles. The van der Waals surface area contributed by atoms with E-state index in [0.29, 0.717) is 0 Å². The largest absolute Gasteiger partial charge is 0.392 e. The molecule has 0 radical (unpaired) electrons. The van der Waals surface area contributed by atoms with Crippen LogP contribution in [0.15, 0.2) is 54.0 Å². The van der Waals surface area contributed by atoms with Gasteiger partial charge in [-0.3, -0.25) is 4.99 Å². The first kappa shape index (κ1) is 14.9. The highest BCUT2D eigenvalue weighted by Gasteiger charge is 2.25. The molecule has 1 aliphatic heterocycles. The van der Waals surface area contributed by atoms with E-state index in [1.165, 1.54) is 5.39 Å². The highest BCUT2D eigenvalue weighted by Crippen LogP contribution is 2.38. The number of imidazole rings is 1. The van der Waals surface area contributed by atoms with Gasteiger partial charge in [0.15, 0.2) is 0 Å². The summed E-state index contributed by atoms with van der Waals surface area (Å²) in [6.45, 7) is 1.75. The lowest BCUT2D eigenvalue weighted by Crippen LogP contribution is -2.22. The molecule has 0 saturated heterocycles. The Morgan fingerprint density at radius 1 is 1.21 bits per heavy atom. The summed E-state index contributed by atoms with van der Waals surface area (Å²) in [6, 6.07) is 10.3. The Balaban J connectivity index is 1.63. The van der Waals surface area contributed by atoms with Gasteiger partial charge in [-0.15, -0.1) is 0 Å². The van der Waals surface area contributed by atoms with E-state index in [1.807, 2.05) is 24.7 Å². The molecule has 0 fully saturated rings. The fourth-order valence-electron chi connectivity index (χ4n) is 3.40. The second-order valence-electron chi connectivity index (χ2n) is 6.05. The Hall–Kier alpha value is -2.66. The first-order valence-electron chi connectivity index (χ1n) is 8.19. The van der Waals surface area contributed by atoms with Crippen molar-refractivity contribution in [2.24, 2.45) is 4.99 Å². The van der Waals surface area contributed by atoms with Gasteiger partial charge < -0.3 is 14.6 Å². The van der Waals surface area contributed by atoms with Crippen LogP contribution in [-0.2, 0) is 13.2 Å². The van der Waals surface area contributed by atoms with Crippen LogP contribution in [0, 0.1) is 0 Å². The number of aromatic nitrogens is 2. The number of benzene rings is 2. The predicted octanol–water partition coefficient (Wildman–Crippen LogP) is 2.82. The number of aryl methyl sites for hydroxylation is 1. The molecule has 0 atom stereocenters. The van der Waals surface area contributed by atoms with Gasteiger partial charge in [-0.05, 0) is 23.4 Å². The molecule has 4 rings (SSSR count).